The summed E-state index contributed by atoms with van der Waals surface area (Å²) in [4.78, 5) is 15.6. The molecule has 104 valence electrons. The number of pyridine rings is 1. The van der Waals surface area contributed by atoms with Gasteiger partial charge in [-0.05, 0) is 31.0 Å². The molecule has 2 aromatic heterocycles. The Kier molecular flexibility index (Phi) is 3.76. The summed E-state index contributed by atoms with van der Waals surface area (Å²) in [5.41, 5.74) is 1.15. The van der Waals surface area contributed by atoms with Crippen LogP contribution in [0.15, 0.2) is 36.7 Å². The average molecular weight is 269 g/mol. The summed E-state index contributed by atoms with van der Waals surface area (Å²) < 4.78 is 0. The molecule has 0 radical (unpaired) electrons. The SMILES string of the molecule is CNc1cccc([C@@H]2CCCN(c3ncccn3)C2)n1. The van der Waals surface area contributed by atoms with Crippen LogP contribution in [-0.2, 0) is 0 Å². The quantitative estimate of drug-likeness (QED) is 0.926. The van der Waals surface area contributed by atoms with Gasteiger partial charge >= 0.3 is 0 Å². The van der Waals surface area contributed by atoms with Gasteiger partial charge in [0, 0.05) is 44.1 Å². The maximum atomic E-state index is 4.66. The summed E-state index contributed by atoms with van der Waals surface area (Å²) in [6, 6.07) is 8.01. The molecular weight excluding hydrogens is 250 g/mol. The molecule has 3 rings (SSSR count). The van der Waals surface area contributed by atoms with Gasteiger partial charge in [-0.3, -0.25) is 0 Å². The van der Waals surface area contributed by atoms with Gasteiger partial charge in [0.15, 0.2) is 0 Å². The molecule has 1 atom stereocenters. The summed E-state index contributed by atoms with van der Waals surface area (Å²) in [5.74, 6) is 2.19. The number of hydrogen-bond acceptors (Lipinski definition) is 5. The predicted molar refractivity (Wildman–Crippen MR) is 80.0 cm³/mol. The molecule has 0 aliphatic carbocycles. The van der Waals surface area contributed by atoms with Crippen LogP contribution in [0, 0.1) is 0 Å². The molecule has 5 nitrogen and oxygen atoms in total. The Morgan fingerprint density at radius 3 is 2.85 bits per heavy atom. The van der Waals surface area contributed by atoms with Crippen molar-refractivity contribution in [3.8, 4) is 0 Å². The minimum absolute atomic E-state index is 0.445. The van der Waals surface area contributed by atoms with Crippen molar-refractivity contribution < 1.29 is 0 Å². The molecule has 0 saturated carbocycles. The lowest BCUT2D eigenvalue weighted by Gasteiger charge is -2.32. The van der Waals surface area contributed by atoms with Crippen molar-refractivity contribution in [2.45, 2.75) is 18.8 Å². The number of nitrogens with one attached hydrogen (secondary N) is 1. The van der Waals surface area contributed by atoms with E-state index >= 15 is 0 Å². The van der Waals surface area contributed by atoms with Crippen LogP contribution in [0.25, 0.3) is 0 Å². The summed E-state index contributed by atoms with van der Waals surface area (Å²) in [7, 11) is 1.90. The normalized spacial score (nSPS) is 18.9. The standard InChI is InChI=1S/C15H19N5/c1-16-14-7-2-6-13(19-14)12-5-3-10-20(11-12)15-17-8-4-9-18-15/h2,4,6-9,12H,3,5,10-11H2,1H3,(H,16,19)/t12-/m1/s1. The van der Waals surface area contributed by atoms with E-state index in [4.69, 9.17) is 0 Å². The average Bonchev–Trinajstić information content (AvgIpc) is 2.56. The van der Waals surface area contributed by atoms with E-state index in [1.165, 1.54) is 6.42 Å². The first-order valence-electron chi connectivity index (χ1n) is 7.03. The first-order chi connectivity index (χ1) is 9.86. The van der Waals surface area contributed by atoms with E-state index in [2.05, 4.69) is 37.3 Å². The van der Waals surface area contributed by atoms with Gasteiger partial charge in [0.25, 0.3) is 0 Å². The van der Waals surface area contributed by atoms with Gasteiger partial charge in [-0.25, -0.2) is 15.0 Å². The topological polar surface area (TPSA) is 53.9 Å². The van der Waals surface area contributed by atoms with E-state index in [1.54, 1.807) is 12.4 Å². The highest BCUT2D eigenvalue weighted by atomic mass is 15.2. The van der Waals surface area contributed by atoms with Gasteiger partial charge in [0.2, 0.25) is 5.95 Å². The second-order valence-corrected chi connectivity index (χ2v) is 5.03. The fraction of sp³-hybridized carbons (Fsp3) is 0.400. The van der Waals surface area contributed by atoms with Crippen molar-refractivity contribution in [1.82, 2.24) is 15.0 Å². The summed E-state index contributed by atoms with van der Waals surface area (Å²) in [6.45, 7) is 1.95. The van der Waals surface area contributed by atoms with E-state index in [1.807, 2.05) is 19.2 Å². The van der Waals surface area contributed by atoms with Crippen molar-refractivity contribution in [2.75, 3.05) is 30.4 Å². The zero-order chi connectivity index (χ0) is 13.8. The van der Waals surface area contributed by atoms with Crippen molar-refractivity contribution >= 4 is 11.8 Å². The highest BCUT2D eigenvalue weighted by Gasteiger charge is 2.23. The minimum Gasteiger partial charge on any atom is -0.373 e. The predicted octanol–water partition coefficient (Wildman–Crippen LogP) is 2.30. The molecular formula is C15H19N5. The van der Waals surface area contributed by atoms with Gasteiger partial charge in [-0.2, -0.15) is 0 Å². The molecule has 1 aliphatic rings. The molecule has 0 unspecified atom stereocenters. The minimum atomic E-state index is 0.445. The zero-order valence-corrected chi connectivity index (χ0v) is 11.7. The first-order valence-corrected chi connectivity index (χ1v) is 7.03. The van der Waals surface area contributed by atoms with E-state index in [-0.39, 0.29) is 0 Å². The van der Waals surface area contributed by atoms with Crippen LogP contribution in [0.3, 0.4) is 0 Å². The van der Waals surface area contributed by atoms with E-state index in [9.17, 15) is 0 Å². The Hall–Kier alpha value is -2.17. The third-order valence-electron chi connectivity index (χ3n) is 3.70. The molecule has 2 aromatic rings. The molecule has 1 fully saturated rings. The van der Waals surface area contributed by atoms with E-state index in [0.717, 1.165) is 37.0 Å². The second-order valence-electron chi connectivity index (χ2n) is 5.03. The molecule has 20 heavy (non-hydrogen) atoms. The summed E-state index contributed by atoms with van der Waals surface area (Å²) in [6.07, 6.45) is 5.91. The molecule has 3 heterocycles. The fourth-order valence-electron chi connectivity index (χ4n) is 2.67. The molecule has 0 aromatic carbocycles. The van der Waals surface area contributed by atoms with E-state index in [0.29, 0.717) is 5.92 Å². The molecule has 0 amide bonds. The summed E-state index contributed by atoms with van der Waals surface area (Å²) in [5, 5.41) is 3.10. The van der Waals surface area contributed by atoms with Gasteiger partial charge < -0.3 is 10.2 Å². The van der Waals surface area contributed by atoms with Gasteiger partial charge in [-0.1, -0.05) is 6.07 Å². The lowest BCUT2D eigenvalue weighted by molar-refractivity contribution is 0.495. The van der Waals surface area contributed by atoms with Gasteiger partial charge in [0.05, 0.1) is 0 Å². The maximum Gasteiger partial charge on any atom is 0.225 e. The lowest BCUT2D eigenvalue weighted by Crippen LogP contribution is -2.35. The molecule has 1 N–H and O–H groups in total. The molecule has 5 heteroatoms. The Bertz CT molecular complexity index is 557. The van der Waals surface area contributed by atoms with Crippen LogP contribution in [0.1, 0.15) is 24.5 Å². The number of anilines is 2. The smallest absolute Gasteiger partial charge is 0.225 e. The highest BCUT2D eigenvalue weighted by molar-refractivity contribution is 5.37. The highest BCUT2D eigenvalue weighted by Crippen LogP contribution is 2.27. The fourth-order valence-corrected chi connectivity index (χ4v) is 2.67. The second kappa shape index (κ2) is 5.86. The van der Waals surface area contributed by atoms with Crippen molar-refractivity contribution in [1.29, 1.82) is 0 Å². The molecule has 1 saturated heterocycles. The third-order valence-corrected chi connectivity index (χ3v) is 3.70. The Labute approximate surface area is 119 Å². The Morgan fingerprint density at radius 1 is 1.20 bits per heavy atom. The summed E-state index contributed by atoms with van der Waals surface area (Å²) >= 11 is 0. The Balaban J connectivity index is 1.78. The van der Waals surface area contributed by atoms with Crippen LogP contribution < -0.4 is 10.2 Å². The van der Waals surface area contributed by atoms with Crippen LogP contribution in [0.4, 0.5) is 11.8 Å². The van der Waals surface area contributed by atoms with Gasteiger partial charge in [-0.15, -0.1) is 0 Å². The van der Waals surface area contributed by atoms with E-state index < -0.39 is 0 Å². The van der Waals surface area contributed by atoms with Crippen molar-refractivity contribution in [3.05, 3.63) is 42.4 Å². The van der Waals surface area contributed by atoms with Crippen LogP contribution in [0.5, 0.6) is 0 Å². The molecule has 0 bridgehead atoms. The Morgan fingerprint density at radius 2 is 2.05 bits per heavy atom. The first kappa shape index (κ1) is 12.8. The maximum absolute atomic E-state index is 4.66. The lowest BCUT2D eigenvalue weighted by atomic mass is 9.94. The zero-order valence-electron chi connectivity index (χ0n) is 11.7. The van der Waals surface area contributed by atoms with Crippen molar-refractivity contribution in [2.24, 2.45) is 0 Å². The third kappa shape index (κ3) is 2.71. The number of hydrogen-bond donors (Lipinski definition) is 1. The number of aromatic nitrogens is 3. The largest absolute Gasteiger partial charge is 0.373 e. The van der Waals surface area contributed by atoms with Crippen LogP contribution >= 0.6 is 0 Å². The monoisotopic (exact) mass is 269 g/mol. The number of nitrogens with zero attached hydrogens (tertiary/aromatic N) is 4. The van der Waals surface area contributed by atoms with Gasteiger partial charge in [0.1, 0.15) is 5.82 Å². The van der Waals surface area contributed by atoms with Crippen LogP contribution in [0.2, 0.25) is 0 Å². The molecule has 0 spiro atoms. The number of piperidine rings is 1. The van der Waals surface area contributed by atoms with Crippen molar-refractivity contribution in [3.63, 3.8) is 0 Å². The number of rotatable bonds is 3. The van der Waals surface area contributed by atoms with Crippen LogP contribution in [-0.4, -0.2) is 35.1 Å². The molecule has 1 aliphatic heterocycles.